The molecule has 11 heavy (non-hydrogen) atoms. The summed E-state index contributed by atoms with van der Waals surface area (Å²) in [6.07, 6.45) is 0. The molecular weight excluding hydrogens is 180 g/mol. The minimum absolute atomic E-state index is 0.681. The van der Waals surface area contributed by atoms with E-state index in [2.05, 4.69) is 15.3 Å². The number of aromatic nitrogens is 1. The van der Waals surface area contributed by atoms with Crippen LogP contribution < -0.4 is 0 Å². The number of nitrogens with zero attached hydrogens (tertiary/aromatic N) is 2. The van der Waals surface area contributed by atoms with Crippen molar-refractivity contribution in [2.24, 2.45) is 0 Å². The molecule has 0 fully saturated rings. The van der Waals surface area contributed by atoms with Gasteiger partial charge in [0.2, 0.25) is 0 Å². The SMILES string of the molecule is CN(CCCl)Cc1cscn1. The molecule has 1 rings (SSSR count). The Kier molecular flexibility index (Phi) is 3.83. The van der Waals surface area contributed by atoms with Crippen molar-refractivity contribution in [2.75, 3.05) is 19.5 Å². The lowest BCUT2D eigenvalue weighted by atomic mass is 10.4. The molecule has 1 heterocycles. The summed E-state index contributed by atoms with van der Waals surface area (Å²) in [4.78, 5) is 6.33. The van der Waals surface area contributed by atoms with Crippen molar-refractivity contribution in [3.05, 3.63) is 16.6 Å². The van der Waals surface area contributed by atoms with Crippen LogP contribution in [0.3, 0.4) is 0 Å². The van der Waals surface area contributed by atoms with Crippen molar-refractivity contribution >= 4 is 22.9 Å². The quantitative estimate of drug-likeness (QED) is 0.674. The molecular formula is C7H11ClN2S. The molecule has 0 aliphatic heterocycles. The average molecular weight is 191 g/mol. The highest BCUT2D eigenvalue weighted by Crippen LogP contribution is 2.03. The van der Waals surface area contributed by atoms with E-state index in [9.17, 15) is 0 Å². The Morgan fingerprint density at radius 1 is 1.73 bits per heavy atom. The van der Waals surface area contributed by atoms with Gasteiger partial charge in [0.05, 0.1) is 11.2 Å². The lowest BCUT2D eigenvalue weighted by Crippen LogP contribution is -2.20. The van der Waals surface area contributed by atoms with Crippen LogP contribution in [0.4, 0.5) is 0 Å². The van der Waals surface area contributed by atoms with Crippen LogP contribution in [0.15, 0.2) is 10.9 Å². The molecule has 1 aromatic rings. The predicted molar refractivity (Wildman–Crippen MR) is 49.2 cm³/mol. The standard InChI is InChI=1S/C7H11ClN2S/c1-10(3-2-8)4-7-5-11-6-9-7/h5-6H,2-4H2,1H3. The van der Waals surface area contributed by atoms with E-state index in [1.807, 2.05) is 12.6 Å². The zero-order chi connectivity index (χ0) is 8.10. The second-order valence-corrected chi connectivity index (χ2v) is 3.50. The number of hydrogen-bond donors (Lipinski definition) is 0. The minimum atomic E-state index is 0.681. The summed E-state index contributed by atoms with van der Waals surface area (Å²) in [5.74, 6) is 0.681. The Labute approximate surface area is 75.8 Å². The molecule has 0 spiro atoms. The van der Waals surface area contributed by atoms with Gasteiger partial charge in [0.25, 0.3) is 0 Å². The van der Waals surface area contributed by atoms with E-state index in [1.165, 1.54) is 0 Å². The lowest BCUT2D eigenvalue weighted by molar-refractivity contribution is 0.344. The van der Waals surface area contributed by atoms with Gasteiger partial charge in [-0.3, -0.25) is 4.90 Å². The predicted octanol–water partition coefficient (Wildman–Crippen LogP) is 1.81. The van der Waals surface area contributed by atoms with E-state index in [0.717, 1.165) is 18.8 Å². The van der Waals surface area contributed by atoms with Crippen molar-refractivity contribution < 1.29 is 0 Å². The van der Waals surface area contributed by atoms with Crippen molar-refractivity contribution in [1.29, 1.82) is 0 Å². The van der Waals surface area contributed by atoms with Gasteiger partial charge in [-0.15, -0.1) is 22.9 Å². The van der Waals surface area contributed by atoms with Gasteiger partial charge in [-0.05, 0) is 7.05 Å². The molecule has 1 aromatic heterocycles. The van der Waals surface area contributed by atoms with E-state index in [4.69, 9.17) is 11.6 Å². The Morgan fingerprint density at radius 3 is 3.09 bits per heavy atom. The number of rotatable bonds is 4. The summed E-state index contributed by atoms with van der Waals surface area (Å²) < 4.78 is 0. The molecule has 0 N–H and O–H groups in total. The Morgan fingerprint density at radius 2 is 2.55 bits per heavy atom. The molecule has 0 amide bonds. The molecule has 0 saturated carbocycles. The third-order valence-electron chi connectivity index (χ3n) is 1.38. The van der Waals surface area contributed by atoms with Crippen LogP contribution in [0.1, 0.15) is 5.69 Å². The topological polar surface area (TPSA) is 16.1 Å². The van der Waals surface area contributed by atoms with Crippen molar-refractivity contribution in [2.45, 2.75) is 6.54 Å². The van der Waals surface area contributed by atoms with E-state index in [1.54, 1.807) is 11.3 Å². The number of halogens is 1. The van der Waals surface area contributed by atoms with E-state index in [0.29, 0.717) is 5.88 Å². The van der Waals surface area contributed by atoms with Crippen LogP contribution >= 0.6 is 22.9 Å². The second kappa shape index (κ2) is 4.70. The van der Waals surface area contributed by atoms with Crippen LogP contribution in [0.2, 0.25) is 0 Å². The Balaban J connectivity index is 2.31. The van der Waals surface area contributed by atoms with Crippen molar-refractivity contribution in [3.63, 3.8) is 0 Å². The molecule has 0 saturated heterocycles. The normalized spacial score (nSPS) is 10.8. The van der Waals surface area contributed by atoms with Gasteiger partial charge in [0, 0.05) is 24.3 Å². The molecule has 62 valence electrons. The summed E-state index contributed by atoms with van der Waals surface area (Å²) in [5.41, 5.74) is 2.98. The zero-order valence-electron chi connectivity index (χ0n) is 6.46. The van der Waals surface area contributed by atoms with Crippen LogP contribution in [0.5, 0.6) is 0 Å². The van der Waals surface area contributed by atoms with Crippen LogP contribution in [0.25, 0.3) is 0 Å². The fourth-order valence-corrected chi connectivity index (χ4v) is 1.65. The molecule has 2 nitrogen and oxygen atoms in total. The van der Waals surface area contributed by atoms with Crippen LogP contribution in [-0.4, -0.2) is 29.4 Å². The minimum Gasteiger partial charge on any atom is -0.299 e. The van der Waals surface area contributed by atoms with Crippen molar-refractivity contribution in [3.8, 4) is 0 Å². The molecule has 0 bridgehead atoms. The van der Waals surface area contributed by atoms with Crippen molar-refractivity contribution in [1.82, 2.24) is 9.88 Å². The second-order valence-electron chi connectivity index (χ2n) is 2.41. The summed E-state index contributed by atoms with van der Waals surface area (Å²) in [5, 5.41) is 2.06. The number of hydrogen-bond acceptors (Lipinski definition) is 3. The molecule has 0 unspecified atom stereocenters. The smallest absolute Gasteiger partial charge is 0.0795 e. The summed E-state index contributed by atoms with van der Waals surface area (Å²) in [6, 6.07) is 0. The summed E-state index contributed by atoms with van der Waals surface area (Å²) in [6.45, 7) is 1.81. The first kappa shape index (κ1) is 8.97. The van der Waals surface area contributed by atoms with E-state index >= 15 is 0 Å². The highest BCUT2D eigenvalue weighted by Gasteiger charge is 1.99. The monoisotopic (exact) mass is 190 g/mol. The maximum absolute atomic E-state index is 5.58. The molecule has 0 atom stereocenters. The van der Waals surface area contributed by atoms with Gasteiger partial charge in [-0.1, -0.05) is 0 Å². The highest BCUT2D eigenvalue weighted by atomic mass is 35.5. The highest BCUT2D eigenvalue weighted by molar-refractivity contribution is 7.07. The van der Waals surface area contributed by atoms with Crippen LogP contribution in [-0.2, 0) is 6.54 Å². The van der Waals surface area contributed by atoms with Gasteiger partial charge >= 0.3 is 0 Å². The maximum Gasteiger partial charge on any atom is 0.0795 e. The molecule has 0 aliphatic carbocycles. The largest absolute Gasteiger partial charge is 0.299 e. The molecule has 0 aliphatic rings. The fourth-order valence-electron chi connectivity index (χ4n) is 0.815. The van der Waals surface area contributed by atoms with E-state index < -0.39 is 0 Å². The lowest BCUT2D eigenvalue weighted by Gasteiger charge is -2.12. The van der Waals surface area contributed by atoms with Gasteiger partial charge in [0.1, 0.15) is 0 Å². The third-order valence-corrected chi connectivity index (χ3v) is 2.19. The van der Waals surface area contributed by atoms with Gasteiger partial charge < -0.3 is 0 Å². The van der Waals surface area contributed by atoms with Gasteiger partial charge in [-0.2, -0.15) is 0 Å². The Hall–Kier alpha value is -0.120. The first-order chi connectivity index (χ1) is 5.33. The first-order valence-corrected chi connectivity index (χ1v) is 4.92. The van der Waals surface area contributed by atoms with E-state index in [-0.39, 0.29) is 0 Å². The summed E-state index contributed by atoms with van der Waals surface area (Å²) in [7, 11) is 2.04. The van der Waals surface area contributed by atoms with Crippen LogP contribution in [0, 0.1) is 0 Å². The maximum atomic E-state index is 5.58. The molecule has 0 radical (unpaired) electrons. The van der Waals surface area contributed by atoms with Gasteiger partial charge in [-0.25, -0.2) is 4.98 Å². The molecule has 0 aromatic carbocycles. The Bertz CT molecular complexity index is 188. The first-order valence-electron chi connectivity index (χ1n) is 3.44. The molecule has 4 heteroatoms. The zero-order valence-corrected chi connectivity index (χ0v) is 8.03. The summed E-state index contributed by atoms with van der Waals surface area (Å²) >= 11 is 7.21. The number of thiazole rings is 1. The fraction of sp³-hybridized carbons (Fsp3) is 0.571. The third kappa shape index (κ3) is 3.18. The van der Waals surface area contributed by atoms with Gasteiger partial charge in [0.15, 0.2) is 0 Å². The number of alkyl halides is 1. The average Bonchev–Trinajstić information content (AvgIpc) is 2.40.